The molecule has 0 aliphatic carbocycles. The van der Waals surface area contributed by atoms with Gasteiger partial charge in [0.1, 0.15) is 0 Å². The van der Waals surface area contributed by atoms with Gasteiger partial charge in [0.15, 0.2) is 0 Å². The van der Waals surface area contributed by atoms with Gasteiger partial charge < -0.3 is 9.42 Å². The van der Waals surface area contributed by atoms with Gasteiger partial charge in [-0.2, -0.15) is 18.2 Å². The number of benzene rings is 1. The van der Waals surface area contributed by atoms with Crippen molar-refractivity contribution in [1.82, 2.24) is 15.0 Å². The van der Waals surface area contributed by atoms with Crippen molar-refractivity contribution in [3.63, 3.8) is 0 Å². The van der Waals surface area contributed by atoms with Gasteiger partial charge in [0.05, 0.1) is 0 Å². The van der Waals surface area contributed by atoms with E-state index < -0.39 is 12.1 Å². The van der Waals surface area contributed by atoms with Crippen molar-refractivity contribution >= 4 is 5.91 Å². The summed E-state index contributed by atoms with van der Waals surface area (Å²) in [5.41, 5.74) is 1.73. The molecule has 1 aliphatic heterocycles. The Bertz CT molecular complexity index is 963. The summed E-state index contributed by atoms with van der Waals surface area (Å²) in [6, 6.07) is 6.25. The van der Waals surface area contributed by atoms with Crippen LogP contribution >= 0.6 is 0 Å². The molecule has 1 aromatic heterocycles. The molecule has 0 bridgehead atoms. The molecule has 158 valence electrons. The minimum Gasteiger partial charge on any atom is -0.338 e. The molecule has 1 atom stereocenters. The van der Waals surface area contributed by atoms with E-state index in [1.165, 1.54) is 12.1 Å². The number of amides is 1. The number of piperidine rings is 1. The third-order valence-corrected chi connectivity index (χ3v) is 4.96. The van der Waals surface area contributed by atoms with Gasteiger partial charge in [-0.1, -0.05) is 48.7 Å². The normalized spacial score (nSPS) is 17.6. The monoisotopic (exact) mass is 417 g/mol. The van der Waals surface area contributed by atoms with Crippen LogP contribution in [0.2, 0.25) is 0 Å². The molecule has 5 nitrogen and oxygen atoms in total. The molecule has 1 amide bonds. The minimum atomic E-state index is -4.72. The van der Waals surface area contributed by atoms with E-state index in [1.807, 2.05) is 6.08 Å². The standard InChI is InChI=1S/C22H22F3N3O2/c1-3-7-15(4-2)12-16-8-6-11-28(14-16)20(29)18-10-5-9-17(13-18)19-26-21(30-27-19)22(23,24)25/h3-5,7,9-10,13,16H,1-2,6,8,11-12,14H2/b15-7+. The van der Waals surface area contributed by atoms with E-state index in [0.717, 1.165) is 24.8 Å². The lowest BCUT2D eigenvalue weighted by molar-refractivity contribution is -0.159. The average Bonchev–Trinajstić information content (AvgIpc) is 3.24. The van der Waals surface area contributed by atoms with Crippen LogP contribution in [0.1, 0.15) is 35.5 Å². The van der Waals surface area contributed by atoms with Gasteiger partial charge in [0, 0.05) is 24.2 Å². The number of allylic oxidation sites excluding steroid dienone is 4. The number of aromatic nitrogens is 2. The first-order valence-electron chi connectivity index (χ1n) is 9.56. The second-order valence-corrected chi connectivity index (χ2v) is 7.15. The zero-order valence-corrected chi connectivity index (χ0v) is 16.4. The number of nitrogens with zero attached hydrogens (tertiary/aromatic N) is 3. The summed E-state index contributed by atoms with van der Waals surface area (Å²) in [4.78, 5) is 18.2. The van der Waals surface area contributed by atoms with E-state index in [2.05, 4.69) is 27.8 Å². The first kappa shape index (κ1) is 21.5. The Balaban J connectivity index is 1.74. The van der Waals surface area contributed by atoms with E-state index in [9.17, 15) is 18.0 Å². The minimum absolute atomic E-state index is 0.172. The van der Waals surface area contributed by atoms with Crippen LogP contribution < -0.4 is 0 Å². The van der Waals surface area contributed by atoms with E-state index >= 15 is 0 Å². The molecule has 1 aromatic carbocycles. The summed E-state index contributed by atoms with van der Waals surface area (Å²) in [6.07, 6.45) is 3.41. The molecule has 3 rings (SSSR count). The number of halogens is 3. The summed E-state index contributed by atoms with van der Waals surface area (Å²) >= 11 is 0. The first-order valence-corrected chi connectivity index (χ1v) is 9.56. The summed E-state index contributed by atoms with van der Waals surface area (Å²) in [5, 5.41) is 3.38. The molecule has 2 heterocycles. The molecule has 1 saturated heterocycles. The molecule has 2 aromatic rings. The second kappa shape index (κ2) is 9.11. The maximum Gasteiger partial charge on any atom is 0.471 e. The number of rotatable bonds is 6. The van der Waals surface area contributed by atoms with Crippen LogP contribution in [0, 0.1) is 5.92 Å². The first-order chi connectivity index (χ1) is 14.3. The lowest BCUT2D eigenvalue weighted by Crippen LogP contribution is -2.40. The molecule has 30 heavy (non-hydrogen) atoms. The lowest BCUT2D eigenvalue weighted by atomic mass is 9.90. The Morgan fingerprint density at radius 1 is 1.33 bits per heavy atom. The lowest BCUT2D eigenvalue weighted by Gasteiger charge is -2.33. The van der Waals surface area contributed by atoms with Crippen molar-refractivity contribution in [2.45, 2.75) is 25.4 Å². The number of hydrogen-bond acceptors (Lipinski definition) is 4. The average molecular weight is 417 g/mol. The molecule has 0 radical (unpaired) electrons. The Morgan fingerprint density at radius 2 is 2.13 bits per heavy atom. The Hall–Kier alpha value is -3.16. The molecule has 1 unspecified atom stereocenters. The number of carbonyl (C=O) groups excluding carboxylic acids is 1. The number of alkyl halides is 3. The number of hydrogen-bond donors (Lipinski definition) is 0. The van der Waals surface area contributed by atoms with Gasteiger partial charge in [-0.25, -0.2) is 0 Å². The second-order valence-electron chi connectivity index (χ2n) is 7.15. The van der Waals surface area contributed by atoms with E-state index in [0.29, 0.717) is 24.6 Å². The number of likely N-dealkylation sites (tertiary alicyclic amines) is 1. The van der Waals surface area contributed by atoms with Crippen LogP contribution in [0.4, 0.5) is 13.2 Å². The highest BCUT2D eigenvalue weighted by Crippen LogP contribution is 2.30. The predicted molar refractivity (Wildman–Crippen MR) is 106 cm³/mol. The topological polar surface area (TPSA) is 59.2 Å². The molecule has 0 spiro atoms. The van der Waals surface area contributed by atoms with Gasteiger partial charge >= 0.3 is 12.1 Å². The fourth-order valence-electron chi connectivity index (χ4n) is 3.55. The van der Waals surface area contributed by atoms with Gasteiger partial charge in [-0.3, -0.25) is 4.79 Å². The van der Waals surface area contributed by atoms with Crippen molar-refractivity contribution in [2.75, 3.05) is 13.1 Å². The van der Waals surface area contributed by atoms with Crippen LogP contribution in [0.3, 0.4) is 0 Å². The molecular formula is C22H22F3N3O2. The molecule has 1 fully saturated rings. The van der Waals surface area contributed by atoms with Crippen LogP contribution in [0.15, 0.2) is 65.7 Å². The van der Waals surface area contributed by atoms with Crippen molar-refractivity contribution in [3.05, 3.63) is 72.7 Å². The van der Waals surface area contributed by atoms with E-state index in [4.69, 9.17) is 0 Å². The predicted octanol–water partition coefficient (Wildman–Crippen LogP) is 5.30. The highest BCUT2D eigenvalue weighted by Gasteiger charge is 2.38. The van der Waals surface area contributed by atoms with Gasteiger partial charge in [-0.05, 0) is 42.9 Å². The molecular weight excluding hydrogens is 395 g/mol. The van der Waals surface area contributed by atoms with E-state index in [1.54, 1.807) is 29.2 Å². The van der Waals surface area contributed by atoms with Crippen LogP contribution in [0.5, 0.6) is 0 Å². The summed E-state index contributed by atoms with van der Waals surface area (Å²) in [6.45, 7) is 8.76. The van der Waals surface area contributed by atoms with Crippen LogP contribution in [0.25, 0.3) is 11.4 Å². The highest BCUT2D eigenvalue weighted by atomic mass is 19.4. The van der Waals surface area contributed by atoms with Crippen molar-refractivity contribution < 1.29 is 22.5 Å². The maximum atomic E-state index is 13.0. The van der Waals surface area contributed by atoms with Crippen molar-refractivity contribution in [3.8, 4) is 11.4 Å². The summed E-state index contributed by atoms with van der Waals surface area (Å²) in [7, 11) is 0. The third-order valence-electron chi connectivity index (χ3n) is 4.96. The van der Waals surface area contributed by atoms with Crippen molar-refractivity contribution in [2.24, 2.45) is 5.92 Å². The smallest absolute Gasteiger partial charge is 0.338 e. The Labute approximate surface area is 172 Å². The van der Waals surface area contributed by atoms with Gasteiger partial charge in [0.2, 0.25) is 5.82 Å². The van der Waals surface area contributed by atoms with Crippen LogP contribution in [-0.2, 0) is 6.18 Å². The number of carbonyl (C=O) groups is 1. The summed E-state index contributed by atoms with van der Waals surface area (Å²) in [5.74, 6) is -1.49. The zero-order chi connectivity index (χ0) is 21.7. The van der Waals surface area contributed by atoms with Gasteiger partial charge in [0.25, 0.3) is 5.91 Å². The van der Waals surface area contributed by atoms with Gasteiger partial charge in [-0.15, -0.1) is 0 Å². The fraction of sp³-hybridized carbons (Fsp3) is 0.318. The zero-order valence-electron chi connectivity index (χ0n) is 16.4. The molecule has 0 N–H and O–H groups in total. The summed E-state index contributed by atoms with van der Waals surface area (Å²) < 4.78 is 42.4. The molecule has 8 heteroatoms. The quantitative estimate of drug-likeness (QED) is 0.599. The Kier molecular flexibility index (Phi) is 6.54. The van der Waals surface area contributed by atoms with Crippen molar-refractivity contribution in [1.29, 1.82) is 0 Å². The Morgan fingerprint density at radius 3 is 2.80 bits per heavy atom. The molecule has 0 saturated carbocycles. The molecule has 1 aliphatic rings. The van der Waals surface area contributed by atoms with Crippen LogP contribution in [-0.4, -0.2) is 34.0 Å². The highest BCUT2D eigenvalue weighted by molar-refractivity contribution is 5.95. The third kappa shape index (κ3) is 5.06. The van der Waals surface area contributed by atoms with E-state index in [-0.39, 0.29) is 17.3 Å². The maximum absolute atomic E-state index is 13.0. The largest absolute Gasteiger partial charge is 0.471 e. The fourth-order valence-corrected chi connectivity index (χ4v) is 3.55. The SMILES string of the molecule is C=C/C=C(\C=C)CC1CCCN(C(=O)c2cccc(-c3noc(C(F)(F)F)n3)c2)C1.